The molecule has 0 bridgehead atoms. The lowest BCUT2D eigenvalue weighted by Crippen LogP contribution is -2.24. The predicted molar refractivity (Wildman–Crippen MR) is 71.8 cm³/mol. The maximum Gasteiger partial charge on any atom is 0.123 e. The highest BCUT2D eigenvalue weighted by Crippen LogP contribution is 2.37. The Kier molecular flexibility index (Phi) is 4.70. The van der Waals surface area contributed by atoms with Crippen LogP contribution in [0.3, 0.4) is 0 Å². The summed E-state index contributed by atoms with van der Waals surface area (Å²) < 4.78 is 13.0. The smallest absolute Gasteiger partial charge is 0.123 e. The second-order valence-electron chi connectivity index (χ2n) is 6.06. The minimum absolute atomic E-state index is 0.158. The summed E-state index contributed by atoms with van der Waals surface area (Å²) >= 11 is 0. The van der Waals surface area contributed by atoms with Crippen LogP contribution in [0, 0.1) is 11.2 Å². The van der Waals surface area contributed by atoms with Crippen molar-refractivity contribution >= 4 is 0 Å². The van der Waals surface area contributed by atoms with Crippen molar-refractivity contribution in [2.24, 2.45) is 5.41 Å². The Bertz CT molecular complexity index is 335. The van der Waals surface area contributed by atoms with Crippen molar-refractivity contribution in [3.05, 3.63) is 35.6 Å². The average molecular weight is 237 g/mol. The van der Waals surface area contributed by atoms with Crippen LogP contribution >= 0.6 is 0 Å². The van der Waals surface area contributed by atoms with Crippen molar-refractivity contribution in [2.45, 2.75) is 33.1 Å². The lowest BCUT2D eigenvalue weighted by Gasteiger charge is -2.32. The molecule has 96 valence electrons. The molecule has 1 atom stereocenters. The number of hydrogen-bond donors (Lipinski definition) is 0. The van der Waals surface area contributed by atoms with Crippen molar-refractivity contribution in [2.75, 3.05) is 20.6 Å². The molecule has 0 unspecified atom stereocenters. The van der Waals surface area contributed by atoms with Gasteiger partial charge in [0.15, 0.2) is 0 Å². The van der Waals surface area contributed by atoms with E-state index in [0.29, 0.717) is 5.92 Å². The van der Waals surface area contributed by atoms with Crippen molar-refractivity contribution in [3.8, 4) is 0 Å². The first-order chi connectivity index (χ1) is 7.80. The van der Waals surface area contributed by atoms with Gasteiger partial charge in [-0.05, 0) is 56.1 Å². The first-order valence-electron chi connectivity index (χ1n) is 6.21. The standard InChI is InChI=1S/C15H24FN/c1-15(2,3)14(10-11-17(4)5)12-6-8-13(16)9-7-12/h6-9,14H,10-11H2,1-5H3/t14-/m1/s1. The Hall–Kier alpha value is -0.890. The summed E-state index contributed by atoms with van der Waals surface area (Å²) in [6.07, 6.45) is 1.10. The van der Waals surface area contributed by atoms with Crippen molar-refractivity contribution in [3.63, 3.8) is 0 Å². The normalized spacial score (nSPS) is 14.1. The summed E-state index contributed by atoms with van der Waals surface area (Å²) in [5, 5.41) is 0. The second kappa shape index (κ2) is 5.63. The largest absolute Gasteiger partial charge is 0.309 e. The molecule has 0 radical (unpaired) electrons. The Morgan fingerprint density at radius 3 is 2.06 bits per heavy atom. The Morgan fingerprint density at radius 2 is 1.65 bits per heavy atom. The lowest BCUT2D eigenvalue weighted by molar-refractivity contribution is 0.272. The van der Waals surface area contributed by atoms with Gasteiger partial charge in [0.1, 0.15) is 5.82 Å². The van der Waals surface area contributed by atoms with E-state index < -0.39 is 0 Å². The molecule has 0 aliphatic rings. The summed E-state index contributed by atoms with van der Waals surface area (Å²) in [5.41, 5.74) is 1.44. The minimum Gasteiger partial charge on any atom is -0.309 e. The SMILES string of the molecule is CN(C)CC[C@H](c1ccc(F)cc1)C(C)(C)C. The molecular formula is C15H24FN. The van der Waals surface area contributed by atoms with E-state index in [-0.39, 0.29) is 11.2 Å². The summed E-state index contributed by atoms with van der Waals surface area (Å²) in [6.45, 7) is 7.80. The van der Waals surface area contributed by atoms with E-state index in [1.807, 2.05) is 12.1 Å². The van der Waals surface area contributed by atoms with E-state index in [2.05, 4.69) is 39.8 Å². The lowest BCUT2D eigenvalue weighted by atomic mass is 9.74. The summed E-state index contributed by atoms with van der Waals surface area (Å²) in [6, 6.07) is 6.95. The van der Waals surface area contributed by atoms with Gasteiger partial charge in [-0.2, -0.15) is 0 Å². The molecule has 0 amide bonds. The van der Waals surface area contributed by atoms with Crippen LogP contribution < -0.4 is 0 Å². The molecule has 0 saturated carbocycles. The monoisotopic (exact) mass is 237 g/mol. The van der Waals surface area contributed by atoms with E-state index >= 15 is 0 Å². The van der Waals surface area contributed by atoms with Gasteiger partial charge in [-0.1, -0.05) is 32.9 Å². The van der Waals surface area contributed by atoms with Crippen molar-refractivity contribution < 1.29 is 4.39 Å². The Morgan fingerprint density at radius 1 is 1.12 bits per heavy atom. The topological polar surface area (TPSA) is 3.24 Å². The summed E-state index contributed by atoms with van der Waals surface area (Å²) in [5.74, 6) is 0.305. The fourth-order valence-corrected chi connectivity index (χ4v) is 2.18. The van der Waals surface area contributed by atoms with Gasteiger partial charge in [0.2, 0.25) is 0 Å². The highest BCUT2D eigenvalue weighted by atomic mass is 19.1. The first kappa shape index (κ1) is 14.2. The summed E-state index contributed by atoms with van der Waals surface area (Å²) in [7, 11) is 4.18. The van der Waals surface area contributed by atoms with Crippen LogP contribution in [0.4, 0.5) is 4.39 Å². The van der Waals surface area contributed by atoms with Crippen LogP contribution in [0.2, 0.25) is 0 Å². The Balaban J connectivity index is 2.86. The van der Waals surface area contributed by atoms with E-state index in [1.54, 1.807) is 12.1 Å². The van der Waals surface area contributed by atoms with E-state index in [9.17, 15) is 4.39 Å². The van der Waals surface area contributed by atoms with Crippen LogP contribution in [0.15, 0.2) is 24.3 Å². The van der Waals surface area contributed by atoms with Gasteiger partial charge < -0.3 is 4.90 Å². The predicted octanol–water partition coefficient (Wildman–Crippen LogP) is 3.91. The molecule has 0 aliphatic heterocycles. The molecule has 2 heteroatoms. The molecule has 1 rings (SSSR count). The zero-order chi connectivity index (χ0) is 13.1. The van der Waals surface area contributed by atoms with Gasteiger partial charge in [0, 0.05) is 0 Å². The average Bonchev–Trinajstić information content (AvgIpc) is 2.18. The maximum absolute atomic E-state index is 13.0. The van der Waals surface area contributed by atoms with Gasteiger partial charge >= 0.3 is 0 Å². The molecule has 1 aromatic rings. The Labute approximate surface area is 105 Å². The highest BCUT2D eigenvalue weighted by molar-refractivity contribution is 5.22. The number of nitrogens with zero attached hydrogens (tertiary/aromatic N) is 1. The van der Waals surface area contributed by atoms with Crippen LogP contribution in [0.5, 0.6) is 0 Å². The van der Waals surface area contributed by atoms with E-state index in [0.717, 1.165) is 13.0 Å². The maximum atomic E-state index is 13.0. The highest BCUT2D eigenvalue weighted by Gasteiger charge is 2.25. The molecule has 0 fully saturated rings. The first-order valence-corrected chi connectivity index (χ1v) is 6.21. The molecule has 0 heterocycles. The van der Waals surface area contributed by atoms with Gasteiger partial charge in [-0.3, -0.25) is 0 Å². The van der Waals surface area contributed by atoms with Gasteiger partial charge in [-0.15, -0.1) is 0 Å². The molecule has 0 spiro atoms. The van der Waals surface area contributed by atoms with Gasteiger partial charge in [-0.25, -0.2) is 4.39 Å². The molecular weight excluding hydrogens is 213 g/mol. The van der Waals surface area contributed by atoms with Crippen molar-refractivity contribution in [1.82, 2.24) is 4.90 Å². The number of halogens is 1. The third-order valence-corrected chi connectivity index (χ3v) is 3.18. The van der Waals surface area contributed by atoms with Gasteiger partial charge in [0.05, 0.1) is 0 Å². The van der Waals surface area contributed by atoms with Gasteiger partial charge in [0.25, 0.3) is 0 Å². The fraction of sp³-hybridized carbons (Fsp3) is 0.600. The van der Waals surface area contributed by atoms with Crippen LogP contribution in [-0.4, -0.2) is 25.5 Å². The number of hydrogen-bond acceptors (Lipinski definition) is 1. The zero-order valence-electron chi connectivity index (χ0n) is 11.6. The van der Waals surface area contributed by atoms with Crippen LogP contribution in [0.1, 0.15) is 38.7 Å². The van der Waals surface area contributed by atoms with E-state index in [1.165, 1.54) is 5.56 Å². The van der Waals surface area contributed by atoms with Crippen LogP contribution in [0.25, 0.3) is 0 Å². The van der Waals surface area contributed by atoms with Crippen molar-refractivity contribution in [1.29, 1.82) is 0 Å². The quantitative estimate of drug-likeness (QED) is 0.767. The number of benzene rings is 1. The molecule has 0 N–H and O–H groups in total. The molecule has 1 nitrogen and oxygen atoms in total. The summed E-state index contributed by atoms with van der Waals surface area (Å²) in [4.78, 5) is 2.20. The molecule has 0 aromatic heterocycles. The fourth-order valence-electron chi connectivity index (χ4n) is 2.18. The zero-order valence-corrected chi connectivity index (χ0v) is 11.6. The molecule has 1 aromatic carbocycles. The molecule has 17 heavy (non-hydrogen) atoms. The van der Waals surface area contributed by atoms with E-state index in [4.69, 9.17) is 0 Å². The van der Waals surface area contributed by atoms with Crippen LogP contribution in [-0.2, 0) is 0 Å². The third kappa shape index (κ3) is 4.47. The molecule has 0 aliphatic carbocycles. The second-order valence-corrected chi connectivity index (χ2v) is 6.06. The third-order valence-electron chi connectivity index (χ3n) is 3.18. The number of rotatable bonds is 4. The minimum atomic E-state index is -0.158. The molecule has 0 saturated heterocycles.